The van der Waals surface area contributed by atoms with Gasteiger partial charge >= 0.3 is 12.6 Å². The molecule has 1 atom stereocenters. The first-order chi connectivity index (χ1) is 8.93. The predicted molar refractivity (Wildman–Crippen MR) is 63.1 cm³/mol. The van der Waals surface area contributed by atoms with E-state index in [4.69, 9.17) is 21.6 Å². The third-order valence-electron chi connectivity index (χ3n) is 2.17. The Labute approximate surface area is 113 Å². The molecule has 0 saturated heterocycles. The van der Waals surface area contributed by atoms with Crippen LogP contribution < -0.4 is 4.74 Å². The van der Waals surface area contributed by atoms with E-state index < -0.39 is 18.5 Å². The summed E-state index contributed by atoms with van der Waals surface area (Å²) in [6, 6.07) is 5.79. The van der Waals surface area contributed by atoms with Crippen LogP contribution in [-0.2, 0) is 9.53 Å². The van der Waals surface area contributed by atoms with Gasteiger partial charge in [0, 0.05) is 17.5 Å². The number of nitriles is 1. The van der Waals surface area contributed by atoms with Crippen LogP contribution in [0.3, 0.4) is 0 Å². The van der Waals surface area contributed by atoms with Gasteiger partial charge in [0.15, 0.2) is 0 Å². The Morgan fingerprint density at radius 2 is 2.21 bits per heavy atom. The summed E-state index contributed by atoms with van der Waals surface area (Å²) in [7, 11) is 0. The Kier molecular flexibility index (Phi) is 5.52. The van der Waals surface area contributed by atoms with Crippen LogP contribution in [0.25, 0.3) is 0 Å². The fourth-order valence-electron chi connectivity index (χ4n) is 1.39. The van der Waals surface area contributed by atoms with Crippen molar-refractivity contribution in [1.29, 1.82) is 5.26 Å². The van der Waals surface area contributed by atoms with Crippen LogP contribution in [0.15, 0.2) is 18.2 Å². The maximum Gasteiger partial charge on any atom is 0.387 e. The molecule has 4 nitrogen and oxygen atoms in total. The smallest absolute Gasteiger partial charge is 0.387 e. The van der Waals surface area contributed by atoms with Crippen molar-refractivity contribution < 1.29 is 23.0 Å². The Morgan fingerprint density at radius 3 is 2.74 bits per heavy atom. The van der Waals surface area contributed by atoms with Crippen molar-refractivity contribution >= 4 is 17.6 Å². The molecule has 7 heteroatoms. The first-order valence-electron chi connectivity index (χ1n) is 5.21. The molecule has 0 N–H and O–H groups in total. The van der Waals surface area contributed by atoms with Gasteiger partial charge in [0.1, 0.15) is 18.3 Å². The van der Waals surface area contributed by atoms with E-state index in [-0.39, 0.29) is 22.9 Å². The molecule has 102 valence electrons. The third-order valence-corrected chi connectivity index (χ3v) is 2.41. The second kappa shape index (κ2) is 6.90. The monoisotopic (exact) mass is 289 g/mol. The number of alkyl halides is 2. The highest BCUT2D eigenvalue weighted by Gasteiger charge is 2.20. The maximum atomic E-state index is 12.3. The molecule has 0 amide bonds. The van der Waals surface area contributed by atoms with E-state index >= 15 is 0 Å². The fraction of sp³-hybridized carbons (Fsp3) is 0.333. The largest absolute Gasteiger partial charge is 0.464 e. The van der Waals surface area contributed by atoms with Crippen molar-refractivity contribution in [3.8, 4) is 11.8 Å². The topological polar surface area (TPSA) is 59.3 Å². The van der Waals surface area contributed by atoms with E-state index in [0.717, 1.165) is 0 Å². The van der Waals surface area contributed by atoms with E-state index in [1.165, 1.54) is 25.1 Å². The molecule has 1 aromatic rings. The lowest BCUT2D eigenvalue weighted by Gasteiger charge is -2.15. The van der Waals surface area contributed by atoms with Crippen LogP contribution in [0.2, 0.25) is 5.02 Å². The van der Waals surface area contributed by atoms with Crippen LogP contribution in [0.5, 0.6) is 5.75 Å². The van der Waals surface area contributed by atoms with E-state index in [2.05, 4.69) is 4.74 Å². The molecule has 1 unspecified atom stereocenters. The van der Waals surface area contributed by atoms with Gasteiger partial charge in [-0.1, -0.05) is 11.6 Å². The summed E-state index contributed by atoms with van der Waals surface area (Å²) in [4.78, 5) is 10.7. The van der Waals surface area contributed by atoms with Gasteiger partial charge < -0.3 is 9.47 Å². The molecule has 1 aromatic carbocycles. The minimum absolute atomic E-state index is 0.150. The Bertz CT molecular complexity index is 502. The fourth-order valence-corrected chi connectivity index (χ4v) is 1.57. The highest BCUT2D eigenvalue weighted by atomic mass is 35.5. The molecule has 0 aliphatic carbocycles. The van der Waals surface area contributed by atoms with Crippen molar-refractivity contribution in [1.82, 2.24) is 0 Å². The molecule has 0 fully saturated rings. The maximum absolute atomic E-state index is 12.3. The minimum atomic E-state index is -3.02. The number of carbonyl (C=O) groups excluding carboxylic acids is 1. The predicted octanol–water partition coefficient (Wildman–Crippen LogP) is 3.11. The lowest BCUT2D eigenvalue weighted by Crippen LogP contribution is -2.12. The normalized spacial score (nSPS) is 11.8. The van der Waals surface area contributed by atoms with E-state index in [1.54, 1.807) is 0 Å². The summed E-state index contributed by atoms with van der Waals surface area (Å²) >= 11 is 5.76. The summed E-state index contributed by atoms with van der Waals surface area (Å²) < 4.78 is 33.5. The van der Waals surface area contributed by atoms with Crippen LogP contribution in [0.1, 0.15) is 18.4 Å². The van der Waals surface area contributed by atoms with E-state index in [0.29, 0.717) is 0 Å². The van der Waals surface area contributed by atoms with Crippen LogP contribution in [0, 0.1) is 11.3 Å². The summed E-state index contributed by atoms with van der Waals surface area (Å²) in [6.07, 6.45) is 0. The van der Waals surface area contributed by atoms with Gasteiger partial charge in [0.25, 0.3) is 0 Å². The van der Waals surface area contributed by atoms with E-state index in [9.17, 15) is 13.6 Å². The molecule has 0 saturated carbocycles. The molecule has 0 spiro atoms. The van der Waals surface area contributed by atoms with Gasteiger partial charge in [-0.25, -0.2) is 0 Å². The van der Waals surface area contributed by atoms with Crippen molar-refractivity contribution in [2.75, 3.05) is 6.61 Å². The van der Waals surface area contributed by atoms with Crippen molar-refractivity contribution in [2.45, 2.75) is 19.5 Å². The first-order valence-corrected chi connectivity index (χ1v) is 5.59. The average molecular weight is 290 g/mol. The van der Waals surface area contributed by atoms with E-state index in [1.807, 2.05) is 6.07 Å². The molecular weight excluding hydrogens is 280 g/mol. The van der Waals surface area contributed by atoms with Crippen molar-refractivity contribution in [3.63, 3.8) is 0 Å². The second-order valence-electron chi connectivity index (χ2n) is 3.54. The number of hydrogen-bond donors (Lipinski definition) is 0. The SMILES string of the molecule is CC(=O)OCC(C#N)c1cc(Cl)ccc1OC(F)F. The first kappa shape index (κ1) is 15.2. The third kappa shape index (κ3) is 4.72. The lowest BCUT2D eigenvalue weighted by molar-refractivity contribution is -0.141. The van der Waals surface area contributed by atoms with Crippen LogP contribution in [-0.4, -0.2) is 19.2 Å². The molecule has 0 aliphatic heterocycles. The Hall–Kier alpha value is -1.87. The minimum Gasteiger partial charge on any atom is -0.464 e. The highest BCUT2D eigenvalue weighted by Crippen LogP contribution is 2.31. The summed E-state index contributed by atoms with van der Waals surface area (Å²) in [5, 5.41) is 9.28. The van der Waals surface area contributed by atoms with Gasteiger partial charge in [0.05, 0.1) is 6.07 Å². The number of rotatable bonds is 5. The number of ether oxygens (including phenoxy) is 2. The van der Waals surface area contributed by atoms with Gasteiger partial charge in [-0.3, -0.25) is 4.79 Å². The zero-order chi connectivity index (χ0) is 14.4. The van der Waals surface area contributed by atoms with Crippen LogP contribution >= 0.6 is 11.6 Å². The quantitative estimate of drug-likeness (QED) is 0.782. The summed E-state index contributed by atoms with van der Waals surface area (Å²) in [5.41, 5.74) is 0.150. The van der Waals surface area contributed by atoms with Crippen molar-refractivity contribution in [2.24, 2.45) is 0 Å². The zero-order valence-corrected chi connectivity index (χ0v) is 10.7. The molecular formula is C12H10ClF2NO3. The number of esters is 1. The molecule has 0 radical (unpaired) electrons. The number of carbonyl (C=O) groups is 1. The van der Waals surface area contributed by atoms with Crippen LogP contribution in [0.4, 0.5) is 8.78 Å². The van der Waals surface area contributed by atoms with Gasteiger partial charge in [-0.15, -0.1) is 0 Å². The molecule has 1 rings (SSSR count). The average Bonchev–Trinajstić information content (AvgIpc) is 2.32. The Morgan fingerprint density at radius 1 is 1.53 bits per heavy atom. The lowest BCUT2D eigenvalue weighted by atomic mass is 10.0. The zero-order valence-electron chi connectivity index (χ0n) is 9.90. The highest BCUT2D eigenvalue weighted by molar-refractivity contribution is 6.30. The second-order valence-corrected chi connectivity index (χ2v) is 3.98. The number of benzene rings is 1. The van der Waals surface area contributed by atoms with Gasteiger partial charge in [-0.2, -0.15) is 14.0 Å². The number of nitrogens with zero attached hydrogens (tertiary/aromatic N) is 1. The molecule has 19 heavy (non-hydrogen) atoms. The Balaban J connectivity index is 3.03. The molecule has 0 heterocycles. The standard InChI is InChI=1S/C12H10ClF2NO3/c1-7(17)18-6-8(5-16)10-4-9(13)2-3-11(10)19-12(14)15/h2-4,8,12H,6H2,1H3. The summed E-state index contributed by atoms with van der Waals surface area (Å²) in [6.45, 7) is -2.10. The van der Waals surface area contributed by atoms with Gasteiger partial charge in [0.2, 0.25) is 0 Å². The van der Waals surface area contributed by atoms with Gasteiger partial charge in [-0.05, 0) is 18.2 Å². The number of halogens is 3. The van der Waals surface area contributed by atoms with Crippen molar-refractivity contribution in [3.05, 3.63) is 28.8 Å². The molecule has 0 bridgehead atoms. The molecule has 0 aromatic heterocycles. The number of hydrogen-bond acceptors (Lipinski definition) is 4. The summed E-state index contributed by atoms with van der Waals surface area (Å²) in [5.74, 6) is -1.67. The molecule has 0 aliphatic rings.